The van der Waals surface area contributed by atoms with Crippen LogP contribution in [0.15, 0.2) is 48.8 Å². The second kappa shape index (κ2) is 5.68. The summed E-state index contributed by atoms with van der Waals surface area (Å²) in [5, 5.41) is 10.5. The second-order valence-electron chi connectivity index (χ2n) is 4.86. The number of fused-ring (bicyclic) bond motifs is 1. The summed E-state index contributed by atoms with van der Waals surface area (Å²) < 4.78 is 0. The van der Waals surface area contributed by atoms with Crippen LogP contribution in [0.1, 0.15) is 18.1 Å². The van der Waals surface area contributed by atoms with Gasteiger partial charge in [-0.25, -0.2) is 4.98 Å². The molecule has 0 aliphatic heterocycles. The van der Waals surface area contributed by atoms with Crippen molar-refractivity contribution in [1.82, 2.24) is 9.97 Å². The number of anilines is 1. The van der Waals surface area contributed by atoms with Crippen molar-refractivity contribution < 1.29 is 0 Å². The number of aromatic amines is 1. The Labute approximate surface area is 123 Å². The highest BCUT2D eigenvalue weighted by molar-refractivity contribution is 5.83. The maximum absolute atomic E-state index is 9.24. The SMILES string of the molecule is CCN(Cc1c[nH]c2ccccc12)c1ncccc1C#N. The molecule has 1 N–H and O–H groups in total. The number of benzene rings is 1. The van der Waals surface area contributed by atoms with E-state index in [-0.39, 0.29) is 0 Å². The Kier molecular flexibility index (Phi) is 3.57. The molecule has 0 spiro atoms. The van der Waals surface area contributed by atoms with Crippen LogP contribution in [-0.4, -0.2) is 16.5 Å². The van der Waals surface area contributed by atoms with Crippen molar-refractivity contribution in [1.29, 1.82) is 5.26 Å². The molecule has 1 aromatic carbocycles. The van der Waals surface area contributed by atoms with E-state index in [4.69, 9.17) is 0 Å². The van der Waals surface area contributed by atoms with Crippen LogP contribution in [0.5, 0.6) is 0 Å². The Morgan fingerprint density at radius 3 is 2.90 bits per heavy atom. The molecule has 0 bridgehead atoms. The number of para-hydroxylation sites is 1. The molecule has 2 aromatic heterocycles. The van der Waals surface area contributed by atoms with Gasteiger partial charge in [-0.05, 0) is 30.7 Å². The smallest absolute Gasteiger partial charge is 0.146 e. The molecule has 4 nitrogen and oxygen atoms in total. The standard InChI is InChI=1S/C17H16N4/c1-2-21(17-13(10-18)6-5-9-19-17)12-14-11-20-16-8-4-3-7-15(14)16/h3-9,11,20H,2,12H2,1H3. The predicted molar refractivity (Wildman–Crippen MR) is 84.0 cm³/mol. The molecule has 0 atom stereocenters. The quantitative estimate of drug-likeness (QED) is 0.794. The summed E-state index contributed by atoms with van der Waals surface area (Å²) >= 11 is 0. The molecule has 0 fully saturated rings. The Balaban J connectivity index is 1.97. The molecule has 0 aliphatic rings. The number of hydrogen-bond donors (Lipinski definition) is 1. The van der Waals surface area contributed by atoms with Crippen LogP contribution < -0.4 is 4.90 Å². The monoisotopic (exact) mass is 276 g/mol. The van der Waals surface area contributed by atoms with Crippen molar-refractivity contribution in [2.24, 2.45) is 0 Å². The van der Waals surface area contributed by atoms with Gasteiger partial charge in [-0.15, -0.1) is 0 Å². The van der Waals surface area contributed by atoms with Gasteiger partial charge in [0, 0.05) is 36.4 Å². The molecule has 0 radical (unpaired) electrons. The lowest BCUT2D eigenvalue weighted by Crippen LogP contribution is -2.23. The number of nitrogens with zero attached hydrogens (tertiary/aromatic N) is 3. The first-order chi connectivity index (χ1) is 10.3. The van der Waals surface area contributed by atoms with Crippen LogP contribution in [0.2, 0.25) is 0 Å². The van der Waals surface area contributed by atoms with E-state index >= 15 is 0 Å². The minimum atomic E-state index is 0.610. The molecule has 0 saturated heterocycles. The Hall–Kier alpha value is -2.80. The molecule has 21 heavy (non-hydrogen) atoms. The van der Waals surface area contributed by atoms with Gasteiger partial charge in [-0.1, -0.05) is 18.2 Å². The first-order valence-electron chi connectivity index (χ1n) is 6.98. The van der Waals surface area contributed by atoms with E-state index in [1.807, 2.05) is 18.3 Å². The summed E-state index contributed by atoms with van der Waals surface area (Å²) in [6.07, 6.45) is 3.76. The Morgan fingerprint density at radius 2 is 2.10 bits per heavy atom. The lowest BCUT2D eigenvalue weighted by atomic mass is 10.1. The van der Waals surface area contributed by atoms with Gasteiger partial charge in [0.2, 0.25) is 0 Å². The number of H-pyrrole nitrogens is 1. The van der Waals surface area contributed by atoms with Crippen molar-refractivity contribution >= 4 is 16.7 Å². The van der Waals surface area contributed by atoms with Gasteiger partial charge in [0.15, 0.2) is 0 Å². The van der Waals surface area contributed by atoms with Gasteiger partial charge in [0.1, 0.15) is 11.9 Å². The first kappa shape index (κ1) is 13.2. The molecular formula is C17H16N4. The fraction of sp³-hybridized carbons (Fsp3) is 0.176. The summed E-state index contributed by atoms with van der Waals surface area (Å²) in [6, 6.07) is 14.0. The highest BCUT2D eigenvalue weighted by atomic mass is 15.2. The second-order valence-corrected chi connectivity index (χ2v) is 4.86. The number of hydrogen-bond acceptors (Lipinski definition) is 3. The van der Waals surface area contributed by atoms with E-state index in [2.05, 4.69) is 40.0 Å². The number of rotatable bonds is 4. The zero-order valence-electron chi connectivity index (χ0n) is 11.9. The fourth-order valence-electron chi connectivity index (χ4n) is 2.54. The van der Waals surface area contributed by atoms with Crippen LogP contribution in [0.25, 0.3) is 10.9 Å². The number of pyridine rings is 1. The van der Waals surface area contributed by atoms with Gasteiger partial charge >= 0.3 is 0 Å². The van der Waals surface area contributed by atoms with E-state index in [9.17, 15) is 5.26 Å². The molecule has 3 rings (SSSR count). The largest absolute Gasteiger partial charge is 0.361 e. The maximum atomic E-state index is 9.24. The highest BCUT2D eigenvalue weighted by Gasteiger charge is 2.13. The number of aromatic nitrogens is 2. The molecular weight excluding hydrogens is 260 g/mol. The Morgan fingerprint density at radius 1 is 1.24 bits per heavy atom. The average Bonchev–Trinajstić information content (AvgIpc) is 2.95. The summed E-state index contributed by atoms with van der Waals surface area (Å²) in [4.78, 5) is 9.78. The van der Waals surface area contributed by atoms with Crippen LogP contribution in [0.4, 0.5) is 5.82 Å². The molecule has 2 heterocycles. The van der Waals surface area contributed by atoms with Crippen LogP contribution in [-0.2, 0) is 6.54 Å². The van der Waals surface area contributed by atoms with Crippen LogP contribution in [0.3, 0.4) is 0 Å². The van der Waals surface area contributed by atoms with Crippen molar-refractivity contribution in [3.63, 3.8) is 0 Å². The highest BCUT2D eigenvalue weighted by Crippen LogP contribution is 2.23. The number of nitriles is 1. The van der Waals surface area contributed by atoms with Gasteiger partial charge < -0.3 is 9.88 Å². The lowest BCUT2D eigenvalue weighted by Gasteiger charge is -2.22. The predicted octanol–water partition coefficient (Wildman–Crippen LogP) is 3.46. The third kappa shape index (κ3) is 2.46. The van der Waals surface area contributed by atoms with E-state index in [1.54, 1.807) is 18.3 Å². The zero-order valence-corrected chi connectivity index (χ0v) is 11.9. The van der Waals surface area contributed by atoms with Gasteiger partial charge in [0.05, 0.1) is 5.56 Å². The van der Waals surface area contributed by atoms with Crippen molar-refractivity contribution in [2.75, 3.05) is 11.4 Å². The normalized spacial score (nSPS) is 10.5. The molecule has 4 heteroatoms. The minimum absolute atomic E-state index is 0.610. The van der Waals surface area contributed by atoms with E-state index < -0.39 is 0 Å². The average molecular weight is 276 g/mol. The summed E-state index contributed by atoms with van der Waals surface area (Å²) in [7, 11) is 0. The third-order valence-electron chi connectivity index (χ3n) is 3.62. The lowest BCUT2D eigenvalue weighted by molar-refractivity contribution is 0.815. The third-order valence-corrected chi connectivity index (χ3v) is 3.62. The Bertz CT molecular complexity index is 798. The number of nitrogens with one attached hydrogen (secondary N) is 1. The van der Waals surface area contributed by atoms with E-state index in [1.165, 1.54) is 10.9 Å². The van der Waals surface area contributed by atoms with E-state index in [0.717, 1.165) is 24.4 Å². The van der Waals surface area contributed by atoms with Crippen LogP contribution in [0, 0.1) is 11.3 Å². The molecule has 0 amide bonds. The molecule has 3 aromatic rings. The van der Waals surface area contributed by atoms with E-state index in [0.29, 0.717) is 5.56 Å². The topological polar surface area (TPSA) is 55.7 Å². The summed E-state index contributed by atoms with van der Waals surface area (Å²) in [5.74, 6) is 0.743. The summed E-state index contributed by atoms with van der Waals surface area (Å²) in [6.45, 7) is 3.60. The fourth-order valence-corrected chi connectivity index (χ4v) is 2.54. The van der Waals surface area contributed by atoms with Crippen molar-refractivity contribution in [3.8, 4) is 6.07 Å². The van der Waals surface area contributed by atoms with Gasteiger partial charge in [0.25, 0.3) is 0 Å². The molecule has 0 unspecified atom stereocenters. The minimum Gasteiger partial charge on any atom is -0.361 e. The van der Waals surface area contributed by atoms with Crippen LogP contribution >= 0.6 is 0 Å². The van der Waals surface area contributed by atoms with Crippen molar-refractivity contribution in [3.05, 3.63) is 59.9 Å². The van der Waals surface area contributed by atoms with Crippen molar-refractivity contribution in [2.45, 2.75) is 13.5 Å². The summed E-state index contributed by atoms with van der Waals surface area (Å²) in [5.41, 5.74) is 2.95. The molecule has 0 aliphatic carbocycles. The molecule has 104 valence electrons. The zero-order chi connectivity index (χ0) is 14.7. The first-order valence-corrected chi connectivity index (χ1v) is 6.98. The van der Waals surface area contributed by atoms with Gasteiger partial charge in [-0.2, -0.15) is 5.26 Å². The van der Waals surface area contributed by atoms with Gasteiger partial charge in [-0.3, -0.25) is 0 Å². The maximum Gasteiger partial charge on any atom is 0.146 e. The molecule has 0 saturated carbocycles.